The summed E-state index contributed by atoms with van der Waals surface area (Å²) in [6.07, 6.45) is 2.23. The second-order valence-electron chi connectivity index (χ2n) is 3.29. The molecule has 16 heavy (non-hydrogen) atoms. The summed E-state index contributed by atoms with van der Waals surface area (Å²) in [7, 11) is 0. The van der Waals surface area contributed by atoms with E-state index in [1.54, 1.807) is 18.4 Å². The third-order valence-corrected chi connectivity index (χ3v) is 2.22. The van der Waals surface area contributed by atoms with E-state index in [4.69, 9.17) is 5.41 Å². The fourth-order valence-electron chi connectivity index (χ4n) is 1.44. The number of aromatic nitrogens is 1. The average Bonchev–Trinajstić information content (AvgIpc) is 2.43. The molecular formula is C10H12BrF2N3. The Kier molecular flexibility index (Phi) is 3.85. The third kappa shape index (κ3) is 3.16. The van der Waals surface area contributed by atoms with Gasteiger partial charge in [-0.3, -0.25) is 0 Å². The van der Waals surface area contributed by atoms with Crippen molar-refractivity contribution in [1.29, 1.82) is 5.41 Å². The van der Waals surface area contributed by atoms with Gasteiger partial charge in [0.25, 0.3) is 0 Å². The number of halogens is 3. The van der Waals surface area contributed by atoms with Gasteiger partial charge in [-0.2, -0.15) is 8.78 Å². The van der Waals surface area contributed by atoms with Crippen molar-refractivity contribution in [2.24, 2.45) is 0 Å². The summed E-state index contributed by atoms with van der Waals surface area (Å²) in [5.74, 6) is 0.150. The molecule has 3 nitrogen and oxygen atoms in total. The van der Waals surface area contributed by atoms with E-state index in [1.807, 2.05) is 17.4 Å². The molecule has 1 rings (SSSR count). The second kappa shape index (κ2) is 4.78. The van der Waals surface area contributed by atoms with Gasteiger partial charge in [-0.1, -0.05) is 0 Å². The number of nitrogens with one attached hydrogen (secondary N) is 2. The van der Waals surface area contributed by atoms with Crippen LogP contribution in [0.15, 0.2) is 18.2 Å². The van der Waals surface area contributed by atoms with Gasteiger partial charge in [0, 0.05) is 33.5 Å². The summed E-state index contributed by atoms with van der Waals surface area (Å²) in [5.41, 5.74) is 1.63. The molecule has 0 aliphatic rings. The van der Waals surface area contributed by atoms with Crippen LogP contribution < -0.4 is 5.32 Å². The molecule has 0 radical (unpaired) electrons. The fraction of sp³-hybridized carbons (Fsp3) is 0.300. The van der Waals surface area contributed by atoms with E-state index in [1.165, 1.54) is 6.08 Å². The monoisotopic (exact) mass is 291 g/mol. The number of hydrogen-bond donors (Lipinski definition) is 2. The standard InChI is InChI=1S/C10H12BrF2N3/c1-7-3-4-8(2)16(7)9(5-6-14)15-10(11,12)13/h3-6,14-15H,1-2H3/b9-5+,14-6?. The first-order valence-electron chi connectivity index (χ1n) is 4.56. The summed E-state index contributed by atoms with van der Waals surface area (Å²) >= 11 is 2.21. The highest BCUT2D eigenvalue weighted by atomic mass is 79.9. The van der Waals surface area contributed by atoms with Crippen LogP contribution in [0.3, 0.4) is 0 Å². The van der Waals surface area contributed by atoms with Gasteiger partial charge in [0.1, 0.15) is 5.82 Å². The molecule has 0 saturated carbocycles. The van der Waals surface area contributed by atoms with Crippen LogP contribution in [-0.4, -0.2) is 15.7 Å². The molecule has 6 heteroatoms. The van der Waals surface area contributed by atoms with Crippen molar-refractivity contribution >= 4 is 28.0 Å². The van der Waals surface area contributed by atoms with Gasteiger partial charge >= 0.3 is 4.96 Å². The minimum atomic E-state index is -3.20. The van der Waals surface area contributed by atoms with Crippen molar-refractivity contribution in [3.8, 4) is 0 Å². The minimum absolute atomic E-state index is 0.150. The van der Waals surface area contributed by atoms with Crippen LogP contribution in [0.2, 0.25) is 0 Å². The van der Waals surface area contributed by atoms with E-state index in [9.17, 15) is 8.78 Å². The highest BCUT2D eigenvalue weighted by molar-refractivity contribution is 9.09. The smallest absolute Gasteiger partial charge is 0.309 e. The molecule has 0 amide bonds. The van der Waals surface area contributed by atoms with E-state index in [2.05, 4.69) is 15.9 Å². The first-order valence-corrected chi connectivity index (χ1v) is 5.35. The maximum atomic E-state index is 12.8. The lowest BCUT2D eigenvalue weighted by Crippen LogP contribution is -2.31. The highest BCUT2D eigenvalue weighted by Gasteiger charge is 2.25. The van der Waals surface area contributed by atoms with E-state index >= 15 is 0 Å². The molecular weight excluding hydrogens is 280 g/mol. The Morgan fingerprint density at radius 2 is 1.94 bits per heavy atom. The Hall–Kier alpha value is -1.17. The number of hydrogen-bond acceptors (Lipinski definition) is 2. The van der Waals surface area contributed by atoms with Gasteiger partial charge in [0.2, 0.25) is 0 Å². The molecule has 88 valence electrons. The molecule has 0 unspecified atom stereocenters. The summed E-state index contributed by atoms with van der Waals surface area (Å²) in [4.78, 5) is -3.20. The molecule has 1 aromatic rings. The maximum absolute atomic E-state index is 12.8. The predicted molar refractivity (Wildman–Crippen MR) is 64.0 cm³/mol. The largest absolute Gasteiger partial charge is 0.381 e. The van der Waals surface area contributed by atoms with Crippen LogP contribution >= 0.6 is 15.9 Å². The Bertz CT molecular complexity index is 399. The summed E-state index contributed by atoms with van der Waals surface area (Å²) in [5, 5.41) is 8.97. The van der Waals surface area contributed by atoms with Gasteiger partial charge < -0.3 is 15.3 Å². The Balaban J connectivity index is 3.14. The molecule has 0 aliphatic heterocycles. The zero-order chi connectivity index (χ0) is 12.3. The highest BCUT2D eigenvalue weighted by Crippen LogP contribution is 2.22. The van der Waals surface area contributed by atoms with Crippen molar-refractivity contribution in [3.05, 3.63) is 29.6 Å². The van der Waals surface area contributed by atoms with Gasteiger partial charge in [-0.25, -0.2) is 0 Å². The lowest BCUT2D eigenvalue weighted by Gasteiger charge is -2.18. The quantitative estimate of drug-likeness (QED) is 0.500. The van der Waals surface area contributed by atoms with E-state index in [0.29, 0.717) is 0 Å². The van der Waals surface area contributed by atoms with Crippen LogP contribution in [-0.2, 0) is 0 Å². The molecule has 0 fully saturated rings. The van der Waals surface area contributed by atoms with E-state index < -0.39 is 4.96 Å². The molecule has 1 heterocycles. The third-order valence-electron chi connectivity index (χ3n) is 2.02. The van der Waals surface area contributed by atoms with E-state index in [-0.39, 0.29) is 5.82 Å². The number of nitrogens with zero attached hydrogens (tertiary/aromatic N) is 1. The Morgan fingerprint density at radius 3 is 2.31 bits per heavy atom. The number of rotatable bonds is 4. The van der Waals surface area contributed by atoms with Gasteiger partial charge in [0.05, 0.1) is 0 Å². The number of aryl methyl sites for hydroxylation is 2. The van der Waals surface area contributed by atoms with Crippen molar-refractivity contribution < 1.29 is 8.78 Å². The SMILES string of the molecule is Cc1ccc(C)n1/C(=C/C=N)NC(F)(F)Br. The fourth-order valence-corrected chi connectivity index (χ4v) is 1.65. The lowest BCUT2D eigenvalue weighted by atomic mass is 10.4. The van der Waals surface area contributed by atoms with Gasteiger partial charge in [-0.15, -0.1) is 0 Å². The molecule has 0 aromatic carbocycles. The molecule has 0 aliphatic carbocycles. The van der Waals surface area contributed by atoms with Crippen LogP contribution in [0.5, 0.6) is 0 Å². The summed E-state index contributed by atoms with van der Waals surface area (Å²) in [6, 6.07) is 3.64. The van der Waals surface area contributed by atoms with Crippen LogP contribution in [0.1, 0.15) is 11.4 Å². The first kappa shape index (κ1) is 12.9. The molecule has 0 bridgehead atoms. The second-order valence-corrected chi connectivity index (χ2v) is 4.29. The average molecular weight is 292 g/mol. The zero-order valence-corrected chi connectivity index (χ0v) is 10.5. The van der Waals surface area contributed by atoms with Crippen molar-refractivity contribution in [1.82, 2.24) is 9.88 Å². The van der Waals surface area contributed by atoms with Crippen LogP contribution in [0.4, 0.5) is 8.78 Å². The molecule has 1 aromatic heterocycles. The predicted octanol–water partition coefficient (Wildman–Crippen LogP) is 3.09. The lowest BCUT2D eigenvalue weighted by molar-refractivity contribution is 0.0931. The van der Waals surface area contributed by atoms with Crippen molar-refractivity contribution in [2.75, 3.05) is 0 Å². The Morgan fingerprint density at radius 1 is 1.44 bits per heavy atom. The van der Waals surface area contributed by atoms with Gasteiger partial charge in [-0.05, 0) is 32.1 Å². The summed E-state index contributed by atoms with van der Waals surface area (Å²) < 4.78 is 27.3. The van der Waals surface area contributed by atoms with Crippen molar-refractivity contribution in [3.63, 3.8) is 0 Å². The first-order chi connectivity index (χ1) is 7.35. The maximum Gasteiger partial charge on any atom is 0.381 e. The van der Waals surface area contributed by atoms with Crippen molar-refractivity contribution in [2.45, 2.75) is 18.8 Å². The topological polar surface area (TPSA) is 40.8 Å². The molecule has 2 N–H and O–H groups in total. The number of alkyl halides is 3. The number of allylic oxidation sites excluding steroid dienone is 1. The molecule has 0 saturated heterocycles. The van der Waals surface area contributed by atoms with Gasteiger partial charge in [0.15, 0.2) is 0 Å². The molecule has 0 spiro atoms. The summed E-state index contributed by atoms with van der Waals surface area (Å²) in [6.45, 7) is 3.61. The Labute approximate surface area is 101 Å². The van der Waals surface area contributed by atoms with E-state index in [0.717, 1.165) is 17.6 Å². The van der Waals surface area contributed by atoms with Crippen LogP contribution in [0.25, 0.3) is 5.82 Å². The normalized spacial score (nSPS) is 12.7. The zero-order valence-electron chi connectivity index (χ0n) is 8.89. The molecule has 0 atom stereocenters. The van der Waals surface area contributed by atoms with Crippen LogP contribution in [0, 0.1) is 19.3 Å². The minimum Gasteiger partial charge on any atom is -0.309 e.